The van der Waals surface area contributed by atoms with E-state index >= 15 is 0 Å². The molecule has 0 aliphatic carbocycles. The van der Waals surface area contributed by atoms with Crippen LogP contribution in [0.5, 0.6) is 5.75 Å². The van der Waals surface area contributed by atoms with Crippen LogP contribution in [0, 0.1) is 0 Å². The molecule has 0 fully saturated rings. The molecule has 2 aromatic rings. The van der Waals surface area contributed by atoms with Gasteiger partial charge in [0.2, 0.25) is 0 Å². The van der Waals surface area contributed by atoms with Gasteiger partial charge in [0.15, 0.2) is 5.43 Å². The van der Waals surface area contributed by atoms with E-state index in [4.69, 9.17) is 4.74 Å². The number of carbonyl (C=O) groups excluding carboxylic acids is 1. The number of nitrogens with zero attached hydrogens (tertiary/aromatic N) is 1. The van der Waals surface area contributed by atoms with Crippen molar-refractivity contribution in [2.24, 2.45) is 0 Å². The van der Waals surface area contributed by atoms with Crippen LogP contribution in [0.4, 0.5) is 0 Å². The minimum atomic E-state index is -0.378. The fourth-order valence-corrected chi connectivity index (χ4v) is 1.95. The lowest BCUT2D eigenvalue weighted by atomic mass is 10.2. The number of rotatable bonds is 4. The Bertz CT molecular complexity index is 660. The Kier molecular flexibility index (Phi) is 3.85. The molecule has 0 saturated heterocycles. The molecule has 0 amide bonds. The van der Waals surface area contributed by atoms with Crippen LogP contribution < -0.4 is 10.2 Å². The summed E-state index contributed by atoms with van der Waals surface area (Å²) >= 11 is 0. The lowest BCUT2D eigenvalue weighted by Gasteiger charge is -2.13. The molecule has 5 nitrogen and oxygen atoms in total. The van der Waals surface area contributed by atoms with Gasteiger partial charge in [-0.1, -0.05) is 6.07 Å². The van der Waals surface area contributed by atoms with E-state index in [9.17, 15) is 9.59 Å². The van der Waals surface area contributed by atoms with Crippen molar-refractivity contribution in [1.82, 2.24) is 4.57 Å². The zero-order valence-electron chi connectivity index (χ0n) is 10.9. The van der Waals surface area contributed by atoms with Gasteiger partial charge in [0, 0.05) is 17.6 Å². The number of hydrogen-bond donors (Lipinski definition) is 0. The molecule has 0 spiro atoms. The molecule has 0 aliphatic rings. The van der Waals surface area contributed by atoms with E-state index in [0.29, 0.717) is 23.3 Å². The monoisotopic (exact) mass is 261 g/mol. The zero-order valence-corrected chi connectivity index (χ0v) is 10.9. The molecule has 19 heavy (non-hydrogen) atoms. The Balaban J connectivity index is 2.66. The van der Waals surface area contributed by atoms with Gasteiger partial charge in [-0.15, -0.1) is 0 Å². The third-order valence-electron chi connectivity index (χ3n) is 2.78. The second-order valence-corrected chi connectivity index (χ2v) is 3.97. The lowest BCUT2D eigenvalue weighted by molar-refractivity contribution is -0.141. The van der Waals surface area contributed by atoms with Crippen LogP contribution in [0.1, 0.15) is 6.92 Å². The van der Waals surface area contributed by atoms with Gasteiger partial charge in [-0.2, -0.15) is 0 Å². The minimum absolute atomic E-state index is 0.0391. The maximum atomic E-state index is 11.9. The Morgan fingerprint density at radius 3 is 2.79 bits per heavy atom. The molecule has 2 rings (SSSR count). The Hall–Kier alpha value is -2.30. The minimum Gasteiger partial charge on any atom is -0.492 e. The summed E-state index contributed by atoms with van der Waals surface area (Å²) in [4.78, 5) is 23.3. The third-order valence-corrected chi connectivity index (χ3v) is 2.78. The molecule has 0 radical (unpaired) electrons. The number of methoxy groups -OCH3 is 1. The van der Waals surface area contributed by atoms with E-state index < -0.39 is 0 Å². The second-order valence-electron chi connectivity index (χ2n) is 3.97. The van der Waals surface area contributed by atoms with Crippen LogP contribution in [0.2, 0.25) is 0 Å². The first-order valence-corrected chi connectivity index (χ1v) is 5.99. The molecule has 100 valence electrons. The molecular weight excluding hydrogens is 246 g/mol. The van der Waals surface area contributed by atoms with E-state index in [2.05, 4.69) is 4.74 Å². The van der Waals surface area contributed by atoms with Gasteiger partial charge in [0.05, 0.1) is 19.2 Å². The van der Waals surface area contributed by atoms with Crippen LogP contribution in [0.25, 0.3) is 10.9 Å². The first-order valence-electron chi connectivity index (χ1n) is 5.99. The molecule has 0 atom stereocenters. The average Bonchev–Trinajstić information content (AvgIpc) is 2.42. The van der Waals surface area contributed by atoms with Crippen molar-refractivity contribution >= 4 is 16.9 Å². The highest BCUT2D eigenvalue weighted by Gasteiger charge is 2.11. The first-order chi connectivity index (χ1) is 9.17. The van der Waals surface area contributed by atoms with Crippen molar-refractivity contribution in [3.63, 3.8) is 0 Å². The Morgan fingerprint density at radius 1 is 1.32 bits per heavy atom. The highest BCUT2D eigenvalue weighted by Crippen LogP contribution is 2.23. The summed E-state index contributed by atoms with van der Waals surface area (Å²) < 4.78 is 11.8. The smallest absolute Gasteiger partial charge is 0.325 e. The predicted octanol–water partition coefficient (Wildman–Crippen LogP) is 1.57. The number of ether oxygens (including phenoxy) is 2. The fourth-order valence-electron chi connectivity index (χ4n) is 1.95. The van der Waals surface area contributed by atoms with Crippen molar-refractivity contribution in [3.05, 3.63) is 40.7 Å². The van der Waals surface area contributed by atoms with Crippen molar-refractivity contribution in [1.29, 1.82) is 0 Å². The summed E-state index contributed by atoms with van der Waals surface area (Å²) in [7, 11) is 1.33. The van der Waals surface area contributed by atoms with Crippen molar-refractivity contribution in [2.75, 3.05) is 13.7 Å². The summed E-state index contributed by atoms with van der Waals surface area (Å²) in [5.41, 5.74) is 0.514. The molecule has 0 N–H and O–H groups in total. The summed E-state index contributed by atoms with van der Waals surface area (Å²) in [6.07, 6.45) is 1.57. The van der Waals surface area contributed by atoms with E-state index in [0.717, 1.165) is 0 Å². The molecule has 1 heterocycles. The van der Waals surface area contributed by atoms with Crippen LogP contribution in [0.15, 0.2) is 35.3 Å². The first kappa shape index (κ1) is 13.1. The average molecular weight is 261 g/mol. The quantitative estimate of drug-likeness (QED) is 0.784. The number of pyridine rings is 1. The lowest BCUT2D eigenvalue weighted by Crippen LogP contribution is -2.15. The number of para-hydroxylation sites is 1. The van der Waals surface area contributed by atoms with Gasteiger partial charge in [0.25, 0.3) is 0 Å². The van der Waals surface area contributed by atoms with Crippen molar-refractivity contribution in [3.8, 4) is 5.75 Å². The number of aromatic nitrogens is 1. The van der Waals surface area contributed by atoms with E-state index in [1.165, 1.54) is 13.2 Å². The molecule has 5 heteroatoms. The van der Waals surface area contributed by atoms with E-state index in [1.807, 2.05) is 6.92 Å². The van der Waals surface area contributed by atoms with Gasteiger partial charge in [0.1, 0.15) is 12.3 Å². The van der Waals surface area contributed by atoms with Crippen LogP contribution >= 0.6 is 0 Å². The normalized spacial score (nSPS) is 10.4. The van der Waals surface area contributed by atoms with Gasteiger partial charge in [-0.25, -0.2) is 0 Å². The number of carbonyl (C=O) groups is 1. The number of fused-ring (bicyclic) bond motifs is 1. The Morgan fingerprint density at radius 2 is 2.11 bits per heavy atom. The van der Waals surface area contributed by atoms with Gasteiger partial charge in [-0.05, 0) is 19.1 Å². The molecule has 0 unspecified atom stereocenters. The topological polar surface area (TPSA) is 57.5 Å². The fraction of sp³-hybridized carbons (Fsp3) is 0.286. The van der Waals surface area contributed by atoms with E-state index in [-0.39, 0.29) is 17.9 Å². The Labute approximate surface area is 110 Å². The molecule has 0 bridgehead atoms. The van der Waals surface area contributed by atoms with Gasteiger partial charge < -0.3 is 14.0 Å². The summed E-state index contributed by atoms with van der Waals surface area (Å²) in [6.45, 7) is 2.39. The summed E-state index contributed by atoms with van der Waals surface area (Å²) in [6, 6.07) is 6.69. The summed E-state index contributed by atoms with van der Waals surface area (Å²) in [5, 5.41) is 0.525. The van der Waals surface area contributed by atoms with Crippen molar-refractivity contribution < 1.29 is 14.3 Å². The number of hydrogen-bond acceptors (Lipinski definition) is 4. The molecule has 0 aliphatic heterocycles. The predicted molar refractivity (Wildman–Crippen MR) is 71.4 cm³/mol. The summed E-state index contributed by atoms with van der Waals surface area (Å²) in [5.74, 6) is 0.206. The van der Waals surface area contributed by atoms with Crippen LogP contribution in [-0.2, 0) is 16.1 Å². The van der Waals surface area contributed by atoms with E-state index in [1.54, 1.807) is 29.0 Å². The molecule has 1 aromatic heterocycles. The van der Waals surface area contributed by atoms with Gasteiger partial charge >= 0.3 is 5.97 Å². The highest BCUT2D eigenvalue weighted by molar-refractivity contribution is 5.86. The SMILES string of the molecule is CCOc1cccc2c(=O)ccn(CC(=O)OC)c12. The highest BCUT2D eigenvalue weighted by atomic mass is 16.5. The molecule has 0 saturated carbocycles. The van der Waals surface area contributed by atoms with Crippen LogP contribution in [-0.4, -0.2) is 24.3 Å². The molecule has 1 aromatic carbocycles. The third kappa shape index (κ3) is 2.59. The van der Waals surface area contributed by atoms with Crippen molar-refractivity contribution in [2.45, 2.75) is 13.5 Å². The van der Waals surface area contributed by atoms with Gasteiger partial charge in [-0.3, -0.25) is 9.59 Å². The largest absolute Gasteiger partial charge is 0.492 e. The maximum absolute atomic E-state index is 11.9. The zero-order chi connectivity index (χ0) is 13.8. The van der Waals surface area contributed by atoms with Crippen LogP contribution in [0.3, 0.4) is 0 Å². The maximum Gasteiger partial charge on any atom is 0.325 e. The molecular formula is C14H15NO4. The second kappa shape index (κ2) is 5.56. The standard InChI is InChI=1S/C14H15NO4/c1-3-19-12-6-4-5-10-11(16)7-8-15(14(10)12)9-13(17)18-2/h4-8H,3,9H2,1-2H3. The number of benzene rings is 1. The number of esters is 1.